The minimum Gasteiger partial charge on any atom is -0.294 e. The highest BCUT2D eigenvalue weighted by atomic mass is 32.2. The van der Waals surface area contributed by atoms with Crippen LogP contribution in [0.25, 0.3) is 4.91 Å². The molecule has 0 saturated heterocycles. The van der Waals surface area contributed by atoms with Gasteiger partial charge in [0.05, 0.1) is 13.4 Å². The van der Waals surface area contributed by atoms with Crippen molar-refractivity contribution in [3.63, 3.8) is 0 Å². The second-order valence-electron chi connectivity index (χ2n) is 4.70. The molecular formula is C15H14OS5. The first-order valence-corrected chi connectivity index (χ1v) is 10.5. The molecule has 2 aliphatic rings. The lowest BCUT2D eigenvalue weighted by molar-refractivity contribution is 0.102. The Morgan fingerprint density at radius 2 is 1.43 bits per heavy atom. The number of rotatable bonds is 2. The number of ketones is 1. The molecule has 0 unspecified atom stereocenters. The van der Waals surface area contributed by atoms with Gasteiger partial charge in [-0.2, -0.15) is 0 Å². The van der Waals surface area contributed by atoms with Crippen LogP contribution in [0.4, 0.5) is 0 Å². The Bertz CT molecular complexity index is 704. The van der Waals surface area contributed by atoms with Crippen LogP contribution in [-0.2, 0) is 0 Å². The van der Waals surface area contributed by atoms with Crippen LogP contribution < -0.4 is 0 Å². The highest BCUT2D eigenvalue weighted by Gasteiger charge is 2.27. The van der Waals surface area contributed by atoms with Crippen LogP contribution in [-0.4, -0.2) is 5.78 Å². The first-order chi connectivity index (χ1) is 9.95. The second kappa shape index (κ2) is 6.24. The Labute approximate surface area is 146 Å². The van der Waals surface area contributed by atoms with Crippen LogP contribution in [0.5, 0.6) is 0 Å². The fourth-order valence-corrected chi connectivity index (χ4v) is 8.43. The lowest BCUT2D eigenvalue weighted by Gasteiger charge is -2.01. The first-order valence-electron chi connectivity index (χ1n) is 6.41. The van der Waals surface area contributed by atoms with Crippen LogP contribution in [0, 0.1) is 0 Å². The summed E-state index contributed by atoms with van der Waals surface area (Å²) in [4.78, 5) is 19.0. The number of carbonyl (C=O) groups excluding carboxylic acids is 1. The predicted molar refractivity (Wildman–Crippen MR) is 103 cm³/mol. The molecule has 1 nitrogen and oxygen atoms in total. The highest BCUT2D eigenvalue weighted by molar-refractivity contribution is 8.35. The van der Waals surface area contributed by atoms with Crippen LogP contribution in [0.2, 0.25) is 0 Å². The third-order valence-electron chi connectivity index (χ3n) is 3.09. The average molecular weight is 371 g/mol. The topological polar surface area (TPSA) is 17.1 Å². The molecule has 0 saturated carbocycles. The van der Waals surface area contributed by atoms with Gasteiger partial charge in [0, 0.05) is 14.7 Å². The van der Waals surface area contributed by atoms with Crippen molar-refractivity contribution in [1.29, 1.82) is 0 Å². The van der Waals surface area contributed by atoms with E-state index in [1.54, 1.807) is 18.3 Å². The molecule has 21 heavy (non-hydrogen) atoms. The van der Waals surface area contributed by atoms with E-state index >= 15 is 0 Å². The fraction of sp³-hybridized carbons (Fsp3) is 0.267. The van der Waals surface area contributed by atoms with Gasteiger partial charge in [0.1, 0.15) is 0 Å². The first kappa shape index (κ1) is 15.9. The Kier molecular flexibility index (Phi) is 4.72. The molecule has 0 aliphatic carbocycles. The van der Waals surface area contributed by atoms with Gasteiger partial charge in [0.15, 0.2) is 5.78 Å². The number of allylic oxidation sites excluding steroid dienone is 3. The second-order valence-corrected chi connectivity index (χ2v) is 11.0. The standard InChI is InChI=1S/C15H14OS5/c1-7(16)11-5-6-12(20-11)13-10(4)19-15(21-13)14-17-8(2)9(3)18-14/h5-6H,1-4H3. The number of carbonyl (C=O) groups is 1. The van der Waals surface area contributed by atoms with E-state index in [9.17, 15) is 4.79 Å². The summed E-state index contributed by atoms with van der Waals surface area (Å²) in [5.74, 6) is 0.149. The van der Waals surface area contributed by atoms with E-state index in [0.717, 1.165) is 4.88 Å². The maximum atomic E-state index is 11.5. The molecule has 6 heteroatoms. The van der Waals surface area contributed by atoms with E-state index in [0.29, 0.717) is 0 Å². The summed E-state index contributed by atoms with van der Waals surface area (Å²) < 4.78 is 2.78. The summed E-state index contributed by atoms with van der Waals surface area (Å²) in [6.07, 6.45) is 0. The Morgan fingerprint density at radius 1 is 0.857 bits per heavy atom. The molecule has 2 aliphatic heterocycles. The minimum atomic E-state index is 0.149. The van der Waals surface area contributed by atoms with E-state index in [1.165, 1.54) is 33.0 Å². The molecule has 3 rings (SSSR count). The van der Waals surface area contributed by atoms with Crippen LogP contribution in [0.3, 0.4) is 0 Å². The Hall–Kier alpha value is -0.0100. The van der Waals surface area contributed by atoms with Crippen molar-refractivity contribution >= 4 is 69.1 Å². The fourth-order valence-electron chi connectivity index (χ4n) is 1.85. The monoisotopic (exact) mass is 370 g/mol. The molecule has 0 N–H and O–H groups in total. The highest BCUT2D eigenvalue weighted by Crippen LogP contribution is 2.61. The summed E-state index contributed by atoms with van der Waals surface area (Å²) in [5, 5.41) is 0. The van der Waals surface area contributed by atoms with E-state index < -0.39 is 0 Å². The molecule has 0 radical (unpaired) electrons. The van der Waals surface area contributed by atoms with Gasteiger partial charge in [-0.25, -0.2) is 0 Å². The smallest absolute Gasteiger partial charge is 0.169 e. The summed E-state index contributed by atoms with van der Waals surface area (Å²) in [6, 6.07) is 4.01. The Morgan fingerprint density at radius 3 is 2.00 bits per heavy atom. The zero-order chi connectivity index (χ0) is 15.1. The normalized spacial score (nSPS) is 19.2. The van der Waals surface area contributed by atoms with Crippen molar-refractivity contribution < 1.29 is 4.79 Å². The van der Waals surface area contributed by atoms with E-state index in [-0.39, 0.29) is 5.78 Å². The van der Waals surface area contributed by atoms with Crippen molar-refractivity contribution in [3.8, 4) is 0 Å². The molecule has 110 valence electrons. The van der Waals surface area contributed by atoms with Crippen molar-refractivity contribution in [2.75, 3.05) is 0 Å². The summed E-state index contributed by atoms with van der Waals surface area (Å²) in [5.41, 5.74) is 0. The average Bonchev–Trinajstić information content (AvgIpc) is 3.09. The van der Waals surface area contributed by atoms with Crippen molar-refractivity contribution in [2.24, 2.45) is 0 Å². The summed E-state index contributed by atoms with van der Waals surface area (Å²) in [6.45, 7) is 8.17. The SMILES string of the molecule is CC(=O)c1ccc(C2=C(C)SC(=C3SC(C)=C(C)S3)S2)s1. The van der Waals surface area contributed by atoms with Crippen molar-refractivity contribution in [1.82, 2.24) is 0 Å². The third-order valence-corrected chi connectivity index (χ3v) is 10.2. The number of thiophene rings is 1. The molecule has 0 amide bonds. The molecular weight excluding hydrogens is 356 g/mol. The number of hydrogen-bond donors (Lipinski definition) is 0. The van der Waals surface area contributed by atoms with Gasteiger partial charge < -0.3 is 0 Å². The van der Waals surface area contributed by atoms with Gasteiger partial charge >= 0.3 is 0 Å². The van der Waals surface area contributed by atoms with Gasteiger partial charge in [0.2, 0.25) is 0 Å². The molecule has 1 aromatic rings. The third kappa shape index (κ3) is 3.20. The molecule has 1 aromatic heterocycles. The number of Topliss-reactive ketones (excluding diaryl/α,β-unsaturated/α-hetero) is 1. The number of hydrogen-bond acceptors (Lipinski definition) is 6. The van der Waals surface area contributed by atoms with E-state index in [2.05, 4.69) is 26.8 Å². The summed E-state index contributed by atoms with van der Waals surface area (Å²) in [7, 11) is 0. The van der Waals surface area contributed by atoms with Gasteiger partial charge in [0.25, 0.3) is 0 Å². The number of thioether (sulfide) groups is 4. The molecule has 0 aromatic carbocycles. The lowest BCUT2D eigenvalue weighted by Crippen LogP contribution is -1.83. The molecule has 0 atom stereocenters. The van der Waals surface area contributed by atoms with Crippen LogP contribution in [0.15, 0.2) is 35.3 Å². The van der Waals surface area contributed by atoms with Gasteiger partial charge in [-0.1, -0.05) is 47.0 Å². The van der Waals surface area contributed by atoms with E-state index in [1.807, 2.05) is 53.1 Å². The quantitative estimate of drug-likeness (QED) is 0.521. The van der Waals surface area contributed by atoms with Gasteiger partial charge in [-0.05, 0) is 49.6 Å². The van der Waals surface area contributed by atoms with E-state index in [4.69, 9.17) is 0 Å². The minimum absolute atomic E-state index is 0.149. The summed E-state index contributed by atoms with van der Waals surface area (Å²) >= 11 is 9.08. The van der Waals surface area contributed by atoms with Crippen molar-refractivity contribution in [2.45, 2.75) is 27.7 Å². The van der Waals surface area contributed by atoms with Crippen molar-refractivity contribution in [3.05, 3.63) is 45.1 Å². The zero-order valence-electron chi connectivity index (χ0n) is 12.1. The van der Waals surface area contributed by atoms with Crippen LogP contribution >= 0.6 is 58.4 Å². The largest absolute Gasteiger partial charge is 0.294 e. The van der Waals surface area contributed by atoms with Gasteiger partial charge in [-0.15, -0.1) is 11.3 Å². The Balaban J connectivity index is 1.84. The maximum Gasteiger partial charge on any atom is 0.169 e. The molecule has 0 fully saturated rings. The predicted octanol–water partition coefficient (Wildman–Crippen LogP) is 6.98. The maximum absolute atomic E-state index is 11.5. The van der Waals surface area contributed by atoms with Crippen LogP contribution in [0.1, 0.15) is 42.2 Å². The zero-order valence-corrected chi connectivity index (χ0v) is 16.2. The molecule has 0 bridgehead atoms. The molecule has 3 heterocycles. The molecule has 0 spiro atoms. The lowest BCUT2D eigenvalue weighted by atomic mass is 10.3. The van der Waals surface area contributed by atoms with Gasteiger partial charge in [-0.3, -0.25) is 4.79 Å².